The summed E-state index contributed by atoms with van der Waals surface area (Å²) in [6.07, 6.45) is 1.53. The van der Waals surface area contributed by atoms with Crippen LogP contribution in [0.15, 0.2) is 29.3 Å². The van der Waals surface area contributed by atoms with Crippen LogP contribution in [-0.4, -0.2) is 44.9 Å². The maximum absolute atomic E-state index is 5.85. The zero-order chi connectivity index (χ0) is 17.2. The molecule has 6 heteroatoms. The summed E-state index contributed by atoms with van der Waals surface area (Å²) in [7, 11) is 1.81. The minimum Gasteiger partial charge on any atom is -0.492 e. The maximum Gasteiger partial charge on any atom is 0.191 e. The van der Waals surface area contributed by atoms with Gasteiger partial charge in [0.1, 0.15) is 12.4 Å². The highest BCUT2D eigenvalue weighted by Gasteiger charge is 2.59. The second kappa shape index (κ2) is 8.58. The number of hydrogen-bond acceptors (Lipinski definition) is 3. The molecule has 2 aliphatic rings. The van der Waals surface area contributed by atoms with Gasteiger partial charge in [-0.25, -0.2) is 0 Å². The first-order valence-corrected chi connectivity index (χ1v) is 8.80. The van der Waals surface area contributed by atoms with E-state index in [0.717, 1.165) is 24.7 Å². The van der Waals surface area contributed by atoms with Gasteiger partial charge in [-0.1, -0.05) is 31.5 Å². The van der Waals surface area contributed by atoms with Crippen LogP contribution < -0.4 is 15.4 Å². The van der Waals surface area contributed by atoms with E-state index >= 15 is 0 Å². The number of rotatable bonds is 5. The van der Waals surface area contributed by atoms with Crippen molar-refractivity contribution in [2.75, 3.05) is 26.8 Å². The highest BCUT2D eigenvalue weighted by atomic mass is 127. The average Bonchev–Trinajstić information content (AvgIpc) is 3.03. The summed E-state index contributed by atoms with van der Waals surface area (Å²) in [6.45, 7) is 8.81. The summed E-state index contributed by atoms with van der Waals surface area (Å²) < 4.78 is 11.6. The molecule has 0 spiro atoms. The van der Waals surface area contributed by atoms with Crippen molar-refractivity contribution in [2.24, 2.45) is 16.3 Å². The minimum absolute atomic E-state index is 0. The maximum atomic E-state index is 5.85. The Morgan fingerprint density at radius 3 is 2.72 bits per heavy atom. The number of benzene rings is 1. The van der Waals surface area contributed by atoms with E-state index in [1.807, 2.05) is 19.2 Å². The number of hydrogen-bond donors (Lipinski definition) is 2. The molecule has 2 fully saturated rings. The highest BCUT2D eigenvalue weighted by Crippen LogP contribution is 2.52. The van der Waals surface area contributed by atoms with Crippen molar-refractivity contribution in [3.05, 3.63) is 29.8 Å². The van der Waals surface area contributed by atoms with Gasteiger partial charge in [0.2, 0.25) is 0 Å². The van der Waals surface area contributed by atoms with Gasteiger partial charge < -0.3 is 20.1 Å². The third kappa shape index (κ3) is 4.39. The number of guanidine groups is 1. The molecule has 1 heterocycles. The van der Waals surface area contributed by atoms with E-state index in [9.17, 15) is 0 Å². The predicted octanol–water partition coefficient (Wildman–Crippen LogP) is 2.97. The van der Waals surface area contributed by atoms with Gasteiger partial charge in [-0.2, -0.15) is 0 Å². The summed E-state index contributed by atoms with van der Waals surface area (Å²) in [5, 5.41) is 6.92. The van der Waals surface area contributed by atoms with Crippen molar-refractivity contribution in [1.29, 1.82) is 0 Å². The third-order valence-electron chi connectivity index (χ3n) is 5.30. The molecule has 3 unspecified atom stereocenters. The molecule has 5 nitrogen and oxygen atoms in total. The number of aryl methyl sites for hydroxylation is 1. The van der Waals surface area contributed by atoms with Crippen molar-refractivity contribution in [2.45, 2.75) is 39.3 Å². The van der Waals surface area contributed by atoms with E-state index in [2.05, 4.69) is 48.5 Å². The first kappa shape index (κ1) is 20.3. The van der Waals surface area contributed by atoms with Crippen LogP contribution in [0.3, 0.4) is 0 Å². The lowest BCUT2D eigenvalue weighted by molar-refractivity contribution is -0.106. The number of nitrogens with zero attached hydrogens (tertiary/aromatic N) is 1. The second-order valence-electron chi connectivity index (χ2n) is 7.35. The first-order chi connectivity index (χ1) is 11.5. The number of halogens is 1. The predicted molar refractivity (Wildman–Crippen MR) is 112 cm³/mol. The van der Waals surface area contributed by atoms with E-state index < -0.39 is 0 Å². The van der Waals surface area contributed by atoms with Gasteiger partial charge in [0.05, 0.1) is 12.6 Å². The monoisotopic (exact) mass is 459 g/mol. The van der Waals surface area contributed by atoms with Crippen LogP contribution in [0.2, 0.25) is 0 Å². The van der Waals surface area contributed by atoms with Gasteiger partial charge >= 0.3 is 0 Å². The van der Waals surface area contributed by atoms with Gasteiger partial charge in [0, 0.05) is 31.0 Å². The fourth-order valence-corrected chi connectivity index (χ4v) is 3.93. The molecule has 2 N–H and O–H groups in total. The summed E-state index contributed by atoms with van der Waals surface area (Å²) in [4.78, 5) is 4.34. The molecule has 1 saturated carbocycles. The molecular weight excluding hydrogens is 429 g/mol. The smallest absolute Gasteiger partial charge is 0.191 e. The Labute approximate surface area is 168 Å². The van der Waals surface area contributed by atoms with Gasteiger partial charge in [-0.3, -0.25) is 4.99 Å². The van der Waals surface area contributed by atoms with E-state index in [4.69, 9.17) is 9.47 Å². The molecular formula is C19H30IN3O2. The number of ether oxygens (including phenoxy) is 2. The molecule has 140 valence electrons. The Morgan fingerprint density at radius 1 is 1.32 bits per heavy atom. The molecule has 1 aliphatic heterocycles. The zero-order valence-electron chi connectivity index (χ0n) is 15.5. The Kier molecular flexibility index (Phi) is 6.96. The SMILES string of the molecule is CN=C(NCCOc1ccc(C)cc1)NC1C2CCOC2C1(C)C.I. The zero-order valence-corrected chi connectivity index (χ0v) is 17.9. The molecule has 3 rings (SSSR count). The number of aliphatic imine (C=N–C) groups is 1. The van der Waals surface area contributed by atoms with E-state index in [0.29, 0.717) is 31.2 Å². The largest absolute Gasteiger partial charge is 0.492 e. The molecule has 25 heavy (non-hydrogen) atoms. The molecule has 1 aliphatic carbocycles. The summed E-state index contributed by atoms with van der Waals surface area (Å²) in [5.41, 5.74) is 1.39. The van der Waals surface area contributed by atoms with Crippen LogP contribution >= 0.6 is 24.0 Å². The molecule has 3 atom stereocenters. The van der Waals surface area contributed by atoms with Crippen LogP contribution in [0.4, 0.5) is 0 Å². The molecule has 0 radical (unpaired) electrons. The molecule has 0 aromatic heterocycles. The quantitative estimate of drug-likeness (QED) is 0.308. The molecule has 0 bridgehead atoms. The molecule has 1 saturated heterocycles. The van der Waals surface area contributed by atoms with Crippen LogP contribution in [0.25, 0.3) is 0 Å². The van der Waals surface area contributed by atoms with Gasteiger partial charge in [0.25, 0.3) is 0 Å². The van der Waals surface area contributed by atoms with Crippen LogP contribution in [0.5, 0.6) is 5.75 Å². The first-order valence-electron chi connectivity index (χ1n) is 8.80. The topological polar surface area (TPSA) is 54.9 Å². The van der Waals surface area contributed by atoms with Crippen molar-refractivity contribution >= 4 is 29.9 Å². The Bertz CT molecular complexity index is 589. The lowest BCUT2D eigenvalue weighted by atomic mass is 9.57. The second-order valence-corrected chi connectivity index (χ2v) is 7.35. The molecule has 1 aromatic rings. The lowest BCUT2D eigenvalue weighted by Gasteiger charge is -2.54. The standard InChI is InChI=1S/C19H29N3O2.HI/c1-13-5-7-14(8-6-13)23-12-10-21-18(20-4)22-16-15-9-11-24-17(15)19(16,2)3;/h5-8,15-17H,9-12H2,1-4H3,(H2,20,21,22);1H. The van der Waals surface area contributed by atoms with E-state index in [-0.39, 0.29) is 29.4 Å². The van der Waals surface area contributed by atoms with Crippen LogP contribution in [0.1, 0.15) is 25.8 Å². The Balaban J connectivity index is 0.00000225. The Morgan fingerprint density at radius 2 is 2.04 bits per heavy atom. The van der Waals surface area contributed by atoms with Crippen molar-refractivity contribution in [3.8, 4) is 5.75 Å². The van der Waals surface area contributed by atoms with Gasteiger partial charge in [-0.05, 0) is 25.5 Å². The summed E-state index contributed by atoms with van der Waals surface area (Å²) in [5.74, 6) is 2.34. The van der Waals surface area contributed by atoms with Crippen molar-refractivity contribution in [3.63, 3.8) is 0 Å². The van der Waals surface area contributed by atoms with Crippen LogP contribution in [-0.2, 0) is 4.74 Å². The Hall–Kier alpha value is -1.02. The normalized spacial score (nSPS) is 26.9. The fourth-order valence-electron chi connectivity index (χ4n) is 3.93. The number of nitrogens with one attached hydrogen (secondary N) is 2. The van der Waals surface area contributed by atoms with E-state index in [1.54, 1.807) is 0 Å². The van der Waals surface area contributed by atoms with Crippen molar-refractivity contribution in [1.82, 2.24) is 10.6 Å². The van der Waals surface area contributed by atoms with Crippen LogP contribution in [0, 0.1) is 18.3 Å². The number of fused-ring (bicyclic) bond motifs is 1. The minimum atomic E-state index is 0. The molecule has 0 amide bonds. The average molecular weight is 459 g/mol. The fraction of sp³-hybridized carbons (Fsp3) is 0.632. The molecule has 1 aromatic carbocycles. The lowest BCUT2D eigenvalue weighted by Crippen LogP contribution is -2.68. The van der Waals surface area contributed by atoms with Crippen molar-refractivity contribution < 1.29 is 9.47 Å². The van der Waals surface area contributed by atoms with E-state index in [1.165, 1.54) is 5.56 Å². The van der Waals surface area contributed by atoms with Gasteiger partial charge in [-0.15, -0.1) is 24.0 Å². The third-order valence-corrected chi connectivity index (χ3v) is 5.30. The van der Waals surface area contributed by atoms with Gasteiger partial charge in [0.15, 0.2) is 5.96 Å². The highest BCUT2D eigenvalue weighted by molar-refractivity contribution is 14.0. The summed E-state index contributed by atoms with van der Waals surface area (Å²) >= 11 is 0. The summed E-state index contributed by atoms with van der Waals surface area (Å²) in [6, 6.07) is 8.53.